The molecule has 3 aromatic rings. The fraction of sp³-hybridized carbons (Fsp3) is 0. The zero-order chi connectivity index (χ0) is 13.2. The summed E-state index contributed by atoms with van der Waals surface area (Å²) in [7, 11) is 0. The Morgan fingerprint density at radius 2 is 2.00 bits per heavy atom. The minimum Gasteiger partial charge on any atom is -0.242 e. The molecule has 0 aliphatic heterocycles. The average Bonchev–Trinajstić information content (AvgIpc) is 2.89. The third-order valence-corrected chi connectivity index (χ3v) is 3.02. The molecule has 0 aliphatic carbocycles. The molecule has 2 heterocycles. The molecule has 0 amide bonds. The van der Waals surface area contributed by atoms with E-state index in [1.807, 2.05) is 12.1 Å². The van der Waals surface area contributed by atoms with Crippen LogP contribution in [0.1, 0.15) is 0 Å². The number of benzene rings is 1. The SMILES string of the molecule is Fc1cccc(-c2cnn(-c3cccnc3Cl)c2)c1. The molecule has 1 aromatic carbocycles. The van der Waals surface area contributed by atoms with E-state index in [2.05, 4.69) is 10.1 Å². The van der Waals surface area contributed by atoms with Crippen molar-refractivity contribution in [3.8, 4) is 16.8 Å². The number of rotatable bonds is 2. The molecule has 0 aliphatic rings. The average molecular weight is 274 g/mol. The molecule has 5 heteroatoms. The van der Waals surface area contributed by atoms with Crippen LogP contribution < -0.4 is 0 Å². The summed E-state index contributed by atoms with van der Waals surface area (Å²) >= 11 is 6.01. The van der Waals surface area contributed by atoms with Crippen LogP contribution in [0.5, 0.6) is 0 Å². The van der Waals surface area contributed by atoms with Gasteiger partial charge >= 0.3 is 0 Å². The van der Waals surface area contributed by atoms with Crippen LogP contribution in [0.3, 0.4) is 0 Å². The number of aromatic nitrogens is 3. The summed E-state index contributed by atoms with van der Waals surface area (Å²) in [5.74, 6) is -0.273. The van der Waals surface area contributed by atoms with E-state index in [4.69, 9.17) is 11.6 Å². The van der Waals surface area contributed by atoms with Crippen molar-refractivity contribution in [3.05, 3.63) is 66.0 Å². The van der Waals surface area contributed by atoms with Crippen molar-refractivity contribution in [2.45, 2.75) is 0 Å². The maximum absolute atomic E-state index is 13.2. The fourth-order valence-electron chi connectivity index (χ4n) is 1.82. The highest BCUT2D eigenvalue weighted by molar-refractivity contribution is 6.31. The van der Waals surface area contributed by atoms with E-state index < -0.39 is 0 Å². The monoisotopic (exact) mass is 273 g/mol. The normalized spacial score (nSPS) is 10.6. The first-order valence-corrected chi connectivity index (χ1v) is 6.03. The van der Waals surface area contributed by atoms with E-state index in [-0.39, 0.29) is 5.82 Å². The van der Waals surface area contributed by atoms with E-state index in [0.717, 1.165) is 11.1 Å². The first kappa shape index (κ1) is 11.9. The van der Waals surface area contributed by atoms with Crippen molar-refractivity contribution in [1.29, 1.82) is 0 Å². The molecule has 0 bridgehead atoms. The van der Waals surface area contributed by atoms with Crippen LogP contribution in [-0.4, -0.2) is 14.8 Å². The summed E-state index contributed by atoms with van der Waals surface area (Å²) in [5.41, 5.74) is 2.28. The van der Waals surface area contributed by atoms with E-state index in [9.17, 15) is 4.39 Å². The lowest BCUT2D eigenvalue weighted by Crippen LogP contribution is -1.95. The van der Waals surface area contributed by atoms with Crippen molar-refractivity contribution in [2.24, 2.45) is 0 Å². The molecule has 0 N–H and O–H groups in total. The van der Waals surface area contributed by atoms with Gasteiger partial charge in [0.15, 0.2) is 5.15 Å². The molecule has 0 unspecified atom stereocenters. The van der Waals surface area contributed by atoms with Gasteiger partial charge in [0.05, 0.1) is 6.20 Å². The van der Waals surface area contributed by atoms with Crippen LogP contribution in [0.2, 0.25) is 5.15 Å². The largest absolute Gasteiger partial charge is 0.242 e. The molecule has 0 fully saturated rings. The smallest absolute Gasteiger partial charge is 0.154 e. The first-order valence-electron chi connectivity index (χ1n) is 5.65. The first-order chi connectivity index (χ1) is 9.24. The summed E-state index contributed by atoms with van der Waals surface area (Å²) < 4.78 is 14.8. The summed E-state index contributed by atoms with van der Waals surface area (Å²) in [4.78, 5) is 4.00. The number of nitrogens with zero attached hydrogens (tertiary/aromatic N) is 3. The number of pyridine rings is 1. The van der Waals surface area contributed by atoms with E-state index >= 15 is 0 Å². The molecule has 94 valence electrons. The lowest BCUT2D eigenvalue weighted by Gasteiger charge is -2.02. The second-order valence-electron chi connectivity index (χ2n) is 4.00. The van der Waals surface area contributed by atoms with Gasteiger partial charge in [0.25, 0.3) is 0 Å². The standard InChI is InChI=1S/C14H9ClFN3/c15-14-13(5-2-6-17-14)19-9-11(8-18-19)10-3-1-4-12(16)7-10/h1-9H. The predicted molar refractivity (Wildman–Crippen MR) is 71.8 cm³/mol. The van der Waals surface area contributed by atoms with Crippen LogP contribution in [0.15, 0.2) is 55.0 Å². The minimum atomic E-state index is -0.273. The Hall–Kier alpha value is -2.20. The van der Waals surface area contributed by atoms with Gasteiger partial charge in [0.2, 0.25) is 0 Å². The maximum atomic E-state index is 13.2. The van der Waals surface area contributed by atoms with Gasteiger partial charge in [0.1, 0.15) is 11.5 Å². The Kier molecular flexibility index (Phi) is 3.01. The molecule has 3 nitrogen and oxygen atoms in total. The van der Waals surface area contributed by atoms with Gasteiger partial charge < -0.3 is 0 Å². The van der Waals surface area contributed by atoms with Crippen LogP contribution in [0, 0.1) is 5.82 Å². The zero-order valence-corrected chi connectivity index (χ0v) is 10.5. The summed E-state index contributed by atoms with van der Waals surface area (Å²) in [6.07, 6.45) is 5.07. The lowest BCUT2D eigenvalue weighted by atomic mass is 10.1. The molecule has 19 heavy (non-hydrogen) atoms. The highest BCUT2D eigenvalue weighted by Crippen LogP contribution is 2.22. The van der Waals surface area contributed by atoms with E-state index in [0.29, 0.717) is 10.8 Å². The third-order valence-electron chi connectivity index (χ3n) is 2.73. The Morgan fingerprint density at radius 1 is 1.11 bits per heavy atom. The Balaban J connectivity index is 2.03. The van der Waals surface area contributed by atoms with Gasteiger partial charge in [-0.3, -0.25) is 0 Å². The lowest BCUT2D eigenvalue weighted by molar-refractivity contribution is 0.628. The molecule has 3 rings (SSSR count). The van der Waals surface area contributed by atoms with Crippen molar-refractivity contribution in [1.82, 2.24) is 14.8 Å². The molecule has 0 saturated heterocycles. The maximum Gasteiger partial charge on any atom is 0.154 e. The number of hydrogen-bond acceptors (Lipinski definition) is 2. The molecule has 0 atom stereocenters. The van der Waals surface area contributed by atoms with Crippen molar-refractivity contribution >= 4 is 11.6 Å². The van der Waals surface area contributed by atoms with Crippen molar-refractivity contribution in [2.75, 3.05) is 0 Å². The van der Waals surface area contributed by atoms with Gasteiger partial charge in [0, 0.05) is 18.0 Å². The highest BCUT2D eigenvalue weighted by atomic mass is 35.5. The second kappa shape index (κ2) is 4.82. The van der Waals surface area contributed by atoms with E-state index in [1.165, 1.54) is 12.1 Å². The number of halogens is 2. The Bertz CT molecular complexity index is 724. The Morgan fingerprint density at radius 3 is 2.79 bits per heavy atom. The highest BCUT2D eigenvalue weighted by Gasteiger charge is 2.07. The summed E-state index contributed by atoms with van der Waals surface area (Å²) in [6, 6.07) is 9.97. The van der Waals surface area contributed by atoms with Crippen LogP contribution in [0.25, 0.3) is 16.8 Å². The molecule has 0 spiro atoms. The van der Waals surface area contributed by atoms with E-state index in [1.54, 1.807) is 35.4 Å². The van der Waals surface area contributed by atoms with Gasteiger partial charge in [-0.1, -0.05) is 23.7 Å². The van der Waals surface area contributed by atoms with Crippen LogP contribution in [-0.2, 0) is 0 Å². The van der Waals surface area contributed by atoms with Gasteiger partial charge in [-0.2, -0.15) is 5.10 Å². The molecule has 0 saturated carbocycles. The second-order valence-corrected chi connectivity index (χ2v) is 4.36. The summed E-state index contributed by atoms with van der Waals surface area (Å²) in [6.45, 7) is 0. The van der Waals surface area contributed by atoms with Crippen molar-refractivity contribution < 1.29 is 4.39 Å². The summed E-state index contributed by atoms with van der Waals surface area (Å²) in [5, 5.41) is 4.59. The zero-order valence-electron chi connectivity index (χ0n) is 9.79. The minimum absolute atomic E-state index is 0.273. The molecular weight excluding hydrogens is 265 g/mol. The molecule has 2 aromatic heterocycles. The molecular formula is C14H9ClFN3. The fourth-order valence-corrected chi connectivity index (χ4v) is 2.03. The van der Waals surface area contributed by atoms with Crippen molar-refractivity contribution in [3.63, 3.8) is 0 Å². The quantitative estimate of drug-likeness (QED) is 0.666. The van der Waals surface area contributed by atoms with Crippen LogP contribution >= 0.6 is 11.6 Å². The molecule has 0 radical (unpaired) electrons. The predicted octanol–water partition coefficient (Wildman–Crippen LogP) is 3.73. The number of hydrogen-bond donors (Lipinski definition) is 0. The Labute approximate surface area is 114 Å². The van der Waals surface area contributed by atoms with Gasteiger partial charge in [-0.05, 0) is 29.8 Å². The van der Waals surface area contributed by atoms with Gasteiger partial charge in [-0.15, -0.1) is 0 Å². The van der Waals surface area contributed by atoms with Crippen LogP contribution in [0.4, 0.5) is 4.39 Å². The topological polar surface area (TPSA) is 30.7 Å². The third kappa shape index (κ3) is 2.35. The van der Waals surface area contributed by atoms with Gasteiger partial charge in [-0.25, -0.2) is 14.1 Å².